The summed E-state index contributed by atoms with van der Waals surface area (Å²) >= 11 is 12.2. The van der Waals surface area contributed by atoms with E-state index in [2.05, 4.69) is 15.8 Å². The van der Waals surface area contributed by atoms with Gasteiger partial charge in [-0.15, -0.1) is 0 Å². The van der Waals surface area contributed by atoms with Crippen molar-refractivity contribution in [2.75, 3.05) is 5.32 Å². The van der Waals surface area contributed by atoms with Gasteiger partial charge < -0.3 is 10.4 Å². The predicted octanol–water partition coefficient (Wildman–Crippen LogP) is 2.96. The monoisotopic (exact) mass is 416 g/mol. The Bertz CT molecular complexity index is 1020. The van der Waals surface area contributed by atoms with E-state index < -0.39 is 17.4 Å². The number of hydrogen-bond donors (Lipinski definition) is 3. The quantitative estimate of drug-likeness (QED) is 0.513. The molecule has 28 heavy (non-hydrogen) atoms. The fourth-order valence-corrected chi connectivity index (χ4v) is 3.40. The molecule has 142 valence electrons. The number of rotatable bonds is 5. The van der Waals surface area contributed by atoms with Crippen LogP contribution in [0.3, 0.4) is 0 Å². The maximum Gasteiger partial charge on any atom is 0.261 e. The van der Waals surface area contributed by atoms with E-state index in [0.29, 0.717) is 5.56 Å². The van der Waals surface area contributed by atoms with Crippen LogP contribution >= 0.6 is 23.2 Å². The predicted molar refractivity (Wildman–Crippen MR) is 105 cm³/mol. The second-order valence-corrected chi connectivity index (χ2v) is 6.94. The summed E-state index contributed by atoms with van der Waals surface area (Å²) in [4.78, 5) is 24.2. The van der Waals surface area contributed by atoms with Crippen molar-refractivity contribution >= 4 is 46.4 Å². The lowest BCUT2D eigenvalue weighted by molar-refractivity contribution is -0.132. The number of nitriles is 1. The zero-order valence-electron chi connectivity index (χ0n) is 14.4. The number of nitrogens with zero attached hydrogens (tertiary/aromatic N) is 2. The van der Waals surface area contributed by atoms with E-state index in [9.17, 15) is 14.7 Å². The summed E-state index contributed by atoms with van der Waals surface area (Å²) < 4.78 is 0. The Morgan fingerprint density at radius 1 is 1.29 bits per heavy atom. The number of halogens is 2. The zero-order chi connectivity index (χ0) is 20.3. The van der Waals surface area contributed by atoms with Crippen LogP contribution in [-0.2, 0) is 15.2 Å². The Balaban J connectivity index is 2.02. The molecule has 1 aliphatic heterocycles. The third-order valence-electron chi connectivity index (χ3n) is 4.20. The summed E-state index contributed by atoms with van der Waals surface area (Å²) in [6, 6.07) is 13.4. The Labute approximate surface area is 170 Å². The van der Waals surface area contributed by atoms with E-state index >= 15 is 0 Å². The van der Waals surface area contributed by atoms with Crippen LogP contribution in [0.5, 0.6) is 0 Å². The summed E-state index contributed by atoms with van der Waals surface area (Å²) in [6.07, 6.45) is -0.621. The van der Waals surface area contributed by atoms with Gasteiger partial charge in [0.05, 0.1) is 22.5 Å². The highest BCUT2D eigenvalue weighted by Gasteiger charge is 2.47. The molecule has 0 aliphatic carbocycles. The number of fused-ring (bicyclic) bond motifs is 1. The van der Waals surface area contributed by atoms with Gasteiger partial charge in [0.15, 0.2) is 5.60 Å². The maximum absolute atomic E-state index is 12.6. The molecular formula is C19H14Cl2N4O3. The average Bonchev–Trinajstić information content (AvgIpc) is 2.91. The molecule has 1 aliphatic rings. The van der Waals surface area contributed by atoms with Crippen molar-refractivity contribution in [3.05, 3.63) is 63.6 Å². The summed E-state index contributed by atoms with van der Waals surface area (Å²) in [5.74, 6) is -1.29. The van der Waals surface area contributed by atoms with Crippen molar-refractivity contribution in [1.82, 2.24) is 5.43 Å². The van der Waals surface area contributed by atoms with Crippen LogP contribution in [0.4, 0.5) is 5.69 Å². The molecule has 9 heteroatoms. The van der Waals surface area contributed by atoms with Crippen LogP contribution in [0.25, 0.3) is 0 Å². The second-order valence-electron chi connectivity index (χ2n) is 6.10. The average molecular weight is 417 g/mol. The summed E-state index contributed by atoms with van der Waals surface area (Å²) in [5, 5.41) is 26.9. The van der Waals surface area contributed by atoms with E-state index in [1.807, 2.05) is 0 Å². The first kappa shape index (κ1) is 19.8. The number of anilines is 1. The minimum absolute atomic E-state index is 0.201. The lowest BCUT2D eigenvalue weighted by atomic mass is 9.87. The number of carbonyl (C=O) groups excluding carboxylic acids is 2. The van der Waals surface area contributed by atoms with Crippen molar-refractivity contribution in [1.29, 1.82) is 5.26 Å². The lowest BCUT2D eigenvalue weighted by Gasteiger charge is -2.22. The molecule has 0 saturated carbocycles. The highest BCUT2D eigenvalue weighted by Crippen LogP contribution is 2.44. The van der Waals surface area contributed by atoms with Crippen molar-refractivity contribution in [2.24, 2.45) is 5.10 Å². The standard InChI is InChI=1S/C19H14Cl2N4O3/c20-12-8-13-17(14(21)9-12)23-18(27)19(13,28)10-15(11-4-2-1-3-5-11)24-25-16(26)6-7-22/h1-5,8-9,28H,6,10H2,(H,23,27)(H,25,26)/b24-15-. The Morgan fingerprint density at radius 3 is 2.68 bits per heavy atom. The molecule has 2 amide bonds. The largest absolute Gasteiger partial charge is 0.375 e. The Hall–Kier alpha value is -2.92. The fraction of sp³-hybridized carbons (Fsp3) is 0.158. The topological polar surface area (TPSA) is 115 Å². The van der Waals surface area contributed by atoms with Crippen LogP contribution in [0, 0.1) is 11.3 Å². The van der Waals surface area contributed by atoms with Crippen LogP contribution in [-0.4, -0.2) is 22.6 Å². The van der Waals surface area contributed by atoms with Gasteiger partial charge in [-0.25, -0.2) is 5.43 Å². The molecule has 0 spiro atoms. The molecule has 7 nitrogen and oxygen atoms in total. The molecule has 0 saturated heterocycles. The minimum Gasteiger partial charge on any atom is -0.375 e. The SMILES string of the molecule is N#CCC(=O)N/N=C(/CC1(O)C(=O)Nc2c(Cl)cc(Cl)cc21)c1ccccc1. The summed E-state index contributed by atoms with van der Waals surface area (Å²) in [6.45, 7) is 0. The van der Waals surface area contributed by atoms with Crippen LogP contribution in [0.2, 0.25) is 10.0 Å². The summed E-state index contributed by atoms with van der Waals surface area (Å²) in [7, 11) is 0. The number of amides is 2. The van der Waals surface area contributed by atoms with Gasteiger partial charge in [-0.1, -0.05) is 53.5 Å². The molecule has 3 N–H and O–H groups in total. The van der Waals surface area contributed by atoms with E-state index in [1.165, 1.54) is 12.1 Å². The third-order valence-corrected chi connectivity index (χ3v) is 4.72. The number of hydrazone groups is 1. The minimum atomic E-state index is -1.99. The van der Waals surface area contributed by atoms with Crippen molar-refractivity contribution in [2.45, 2.75) is 18.4 Å². The molecule has 2 aromatic rings. The number of hydrogen-bond acceptors (Lipinski definition) is 5. The van der Waals surface area contributed by atoms with Crippen molar-refractivity contribution in [3.8, 4) is 6.07 Å². The lowest BCUT2D eigenvalue weighted by Crippen LogP contribution is -2.37. The van der Waals surface area contributed by atoms with E-state index in [0.717, 1.165) is 0 Å². The van der Waals surface area contributed by atoms with Crippen LogP contribution in [0.15, 0.2) is 47.6 Å². The molecule has 0 radical (unpaired) electrons. The first-order valence-corrected chi connectivity index (χ1v) is 8.92. The fourth-order valence-electron chi connectivity index (χ4n) is 2.86. The molecule has 0 fully saturated rings. The van der Waals surface area contributed by atoms with Gasteiger partial charge >= 0.3 is 0 Å². The number of benzene rings is 2. The Kier molecular flexibility index (Phi) is 5.66. The van der Waals surface area contributed by atoms with Crippen molar-refractivity contribution in [3.63, 3.8) is 0 Å². The first-order valence-electron chi connectivity index (χ1n) is 8.16. The molecule has 3 rings (SSSR count). The highest BCUT2D eigenvalue weighted by molar-refractivity contribution is 6.37. The molecule has 1 unspecified atom stereocenters. The third kappa shape index (κ3) is 3.85. The molecule has 0 aromatic heterocycles. The molecule has 0 bridgehead atoms. The van der Waals surface area contributed by atoms with Gasteiger partial charge in [-0.2, -0.15) is 10.4 Å². The Morgan fingerprint density at radius 2 is 2.00 bits per heavy atom. The zero-order valence-corrected chi connectivity index (χ0v) is 15.9. The van der Waals surface area contributed by atoms with Gasteiger partial charge in [0.25, 0.3) is 11.8 Å². The highest BCUT2D eigenvalue weighted by atomic mass is 35.5. The van der Waals surface area contributed by atoms with Gasteiger partial charge in [0, 0.05) is 17.0 Å². The van der Waals surface area contributed by atoms with Gasteiger partial charge in [0.1, 0.15) is 6.42 Å². The molecule has 2 aromatic carbocycles. The van der Waals surface area contributed by atoms with Gasteiger partial charge in [-0.3, -0.25) is 9.59 Å². The van der Waals surface area contributed by atoms with Crippen LogP contribution in [0.1, 0.15) is 24.0 Å². The van der Waals surface area contributed by atoms with E-state index in [4.69, 9.17) is 28.5 Å². The van der Waals surface area contributed by atoms with Crippen molar-refractivity contribution < 1.29 is 14.7 Å². The van der Waals surface area contributed by atoms with E-state index in [1.54, 1.807) is 36.4 Å². The molecular weight excluding hydrogens is 403 g/mol. The van der Waals surface area contributed by atoms with Gasteiger partial charge in [0.2, 0.25) is 0 Å². The molecule has 1 heterocycles. The van der Waals surface area contributed by atoms with Crippen LogP contribution < -0.4 is 10.7 Å². The number of carbonyl (C=O) groups is 2. The second kappa shape index (κ2) is 7.98. The van der Waals surface area contributed by atoms with Gasteiger partial charge in [-0.05, 0) is 17.7 Å². The normalized spacial score (nSPS) is 18.2. The maximum atomic E-state index is 12.6. The smallest absolute Gasteiger partial charge is 0.261 e. The first-order chi connectivity index (χ1) is 13.3. The van der Waals surface area contributed by atoms with E-state index in [-0.39, 0.29) is 39.8 Å². The number of nitrogens with one attached hydrogen (secondary N) is 2. The molecule has 1 atom stereocenters. The number of aliphatic hydroxyl groups is 1. The summed E-state index contributed by atoms with van der Waals surface area (Å²) in [5.41, 5.74) is 1.61.